The molecule has 0 atom stereocenters. The number of benzene rings is 1. The van der Waals surface area contributed by atoms with Gasteiger partial charge in [0.25, 0.3) is 0 Å². The molecule has 0 fully saturated rings. The van der Waals surface area contributed by atoms with Crippen LogP contribution in [0.25, 0.3) is 0 Å². The molecule has 5 heteroatoms. The Bertz CT molecular complexity index is 394. The van der Waals surface area contributed by atoms with Gasteiger partial charge in [-0.25, -0.2) is 0 Å². The number of hydrogen-bond acceptors (Lipinski definition) is 4. The Hall–Kier alpha value is -1.59. The van der Waals surface area contributed by atoms with E-state index < -0.39 is 0 Å². The number of aliphatic hydroxyl groups is 1. The number of aliphatic hydroxyl groups excluding tert-OH is 1. The largest absolute Gasteiger partial charge is 0.491 e. The highest BCUT2D eigenvalue weighted by Gasteiger charge is 2.06. The Balaban J connectivity index is 2.45. The molecule has 0 saturated heterocycles. The first-order chi connectivity index (χ1) is 9.13. The van der Waals surface area contributed by atoms with Crippen LogP contribution >= 0.6 is 0 Å². The number of nitrogens with zero attached hydrogens (tertiary/aromatic N) is 1. The molecule has 1 aromatic rings. The average molecular weight is 266 g/mol. The third-order valence-electron chi connectivity index (χ3n) is 2.58. The van der Waals surface area contributed by atoms with Crippen LogP contribution in [0.2, 0.25) is 0 Å². The molecule has 0 aliphatic heterocycles. The van der Waals surface area contributed by atoms with Gasteiger partial charge in [0.1, 0.15) is 12.4 Å². The van der Waals surface area contributed by atoms with Gasteiger partial charge in [0, 0.05) is 25.1 Å². The predicted octanol–water partition coefficient (Wildman–Crippen LogP) is 0.626. The first-order valence-corrected chi connectivity index (χ1v) is 6.36. The van der Waals surface area contributed by atoms with Crippen LogP contribution in [-0.4, -0.2) is 49.8 Å². The third kappa shape index (κ3) is 6.22. The minimum absolute atomic E-state index is 0.0191. The van der Waals surface area contributed by atoms with Crippen LogP contribution in [0.1, 0.15) is 12.0 Å². The Morgan fingerprint density at radius 3 is 2.79 bits per heavy atom. The van der Waals surface area contributed by atoms with Crippen molar-refractivity contribution in [2.75, 3.05) is 33.9 Å². The van der Waals surface area contributed by atoms with Crippen LogP contribution in [0.4, 0.5) is 0 Å². The van der Waals surface area contributed by atoms with Crippen molar-refractivity contribution >= 4 is 5.91 Å². The summed E-state index contributed by atoms with van der Waals surface area (Å²) in [6.07, 6.45) is 0.479. The second kappa shape index (κ2) is 8.50. The fourth-order valence-corrected chi connectivity index (χ4v) is 1.55. The van der Waals surface area contributed by atoms with E-state index in [9.17, 15) is 4.79 Å². The zero-order chi connectivity index (χ0) is 14.1. The molecular formula is C14H22N2O3. The van der Waals surface area contributed by atoms with Crippen molar-refractivity contribution in [3.05, 3.63) is 29.8 Å². The van der Waals surface area contributed by atoms with Crippen molar-refractivity contribution in [2.45, 2.75) is 13.0 Å². The molecule has 0 spiro atoms. The number of carbonyl (C=O) groups is 1. The molecule has 106 valence electrons. The summed E-state index contributed by atoms with van der Waals surface area (Å²) in [7, 11) is 3.87. The van der Waals surface area contributed by atoms with Gasteiger partial charge in [0.05, 0.1) is 6.61 Å². The SMILES string of the molecule is CN(C)CCC(=O)NCc1ccccc1OCCO. The summed E-state index contributed by atoms with van der Waals surface area (Å²) < 4.78 is 5.41. The van der Waals surface area contributed by atoms with Crippen LogP contribution in [0.15, 0.2) is 24.3 Å². The van der Waals surface area contributed by atoms with Gasteiger partial charge in [0.2, 0.25) is 5.91 Å². The highest BCUT2D eigenvalue weighted by molar-refractivity contribution is 5.76. The van der Waals surface area contributed by atoms with Crippen molar-refractivity contribution in [1.82, 2.24) is 10.2 Å². The highest BCUT2D eigenvalue weighted by atomic mass is 16.5. The average Bonchev–Trinajstić information content (AvgIpc) is 2.41. The second-order valence-electron chi connectivity index (χ2n) is 4.51. The first-order valence-electron chi connectivity index (χ1n) is 6.36. The number of amides is 1. The van der Waals surface area contributed by atoms with E-state index in [0.717, 1.165) is 12.1 Å². The van der Waals surface area contributed by atoms with Crippen LogP contribution in [-0.2, 0) is 11.3 Å². The van der Waals surface area contributed by atoms with Crippen molar-refractivity contribution in [1.29, 1.82) is 0 Å². The maximum Gasteiger partial charge on any atom is 0.221 e. The lowest BCUT2D eigenvalue weighted by atomic mass is 10.2. The van der Waals surface area contributed by atoms with E-state index >= 15 is 0 Å². The number of rotatable bonds is 8. The third-order valence-corrected chi connectivity index (χ3v) is 2.58. The lowest BCUT2D eigenvalue weighted by Gasteiger charge is -2.12. The Kier molecular flexibility index (Phi) is 6.92. The van der Waals surface area contributed by atoms with Gasteiger partial charge in [-0.2, -0.15) is 0 Å². The minimum Gasteiger partial charge on any atom is -0.491 e. The summed E-state index contributed by atoms with van der Waals surface area (Å²) in [5.41, 5.74) is 0.911. The van der Waals surface area contributed by atoms with Gasteiger partial charge in [-0.15, -0.1) is 0 Å². The summed E-state index contributed by atoms with van der Waals surface area (Å²) in [5, 5.41) is 11.6. The predicted molar refractivity (Wildman–Crippen MR) is 74.0 cm³/mol. The lowest BCUT2D eigenvalue weighted by molar-refractivity contribution is -0.121. The molecule has 0 saturated carbocycles. The molecule has 0 unspecified atom stereocenters. The van der Waals surface area contributed by atoms with Crippen LogP contribution in [0, 0.1) is 0 Å². The molecule has 1 aromatic carbocycles. The second-order valence-corrected chi connectivity index (χ2v) is 4.51. The normalized spacial score (nSPS) is 10.5. The zero-order valence-electron chi connectivity index (χ0n) is 11.6. The standard InChI is InChI=1S/C14H22N2O3/c1-16(2)8-7-14(18)15-11-12-5-3-4-6-13(12)19-10-9-17/h3-6,17H,7-11H2,1-2H3,(H,15,18). The van der Waals surface area contributed by atoms with E-state index in [4.69, 9.17) is 9.84 Å². The fourth-order valence-electron chi connectivity index (χ4n) is 1.55. The molecule has 19 heavy (non-hydrogen) atoms. The molecule has 0 bridgehead atoms. The highest BCUT2D eigenvalue weighted by Crippen LogP contribution is 2.17. The molecule has 1 amide bonds. The van der Waals surface area contributed by atoms with E-state index in [1.54, 1.807) is 0 Å². The maximum atomic E-state index is 11.6. The lowest BCUT2D eigenvalue weighted by Crippen LogP contribution is -2.27. The van der Waals surface area contributed by atoms with E-state index in [1.165, 1.54) is 0 Å². The molecule has 0 aromatic heterocycles. The van der Waals surface area contributed by atoms with Crippen molar-refractivity contribution in [3.63, 3.8) is 0 Å². The number of ether oxygens (including phenoxy) is 1. The number of nitrogens with one attached hydrogen (secondary N) is 1. The zero-order valence-corrected chi connectivity index (χ0v) is 11.6. The molecule has 0 aliphatic carbocycles. The molecule has 5 nitrogen and oxygen atoms in total. The smallest absolute Gasteiger partial charge is 0.221 e. The number of para-hydroxylation sites is 1. The summed E-state index contributed by atoms with van der Waals surface area (Å²) in [4.78, 5) is 13.6. The summed E-state index contributed by atoms with van der Waals surface area (Å²) >= 11 is 0. The topological polar surface area (TPSA) is 61.8 Å². The maximum absolute atomic E-state index is 11.6. The van der Waals surface area contributed by atoms with Crippen molar-refractivity contribution < 1.29 is 14.6 Å². The fraction of sp³-hybridized carbons (Fsp3) is 0.500. The van der Waals surface area contributed by atoms with Crippen molar-refractivity contribution in [2.24, 2.45) is 0 Å². The summed E-state index contributed by atoms with van der Waals surface area (Å²) in [6.45, 7) is 1.40. The van der Waals surface area contributed by atoms with Gasteiger partial charge in [-0.3, -0.25) is 4.79 Å². The number of carbonyl (C=O) groups excluding carboxylic acids is 1. The molecule has 0 radical (unpaired) electrons. The van der Waals surface area contributed by atoms with Gasteiger partial charge >= 0.3 is 0 Å². The van der Waals surface area contributed by atoms with Gasteiger partial charge in [0.15, 0.2) is 0 Å². The first kappa shape index (κ1) is 15.5. The summed E-state index contributed by atoms with van der Waals surface area (Å²) in [5.74, 6) is 0.718. The van der Waals surface area contributed by atoms with Gasteiger partial charge < -0.3 is 20.1 Å². The van der Waals surface area contributed by atoms with E-state index in [0.29, 0.717) is 18.7 Å². The Morgan fingerprint density at radius 1 is 1.37 bits per heavy atom. The van der Waals surface area contributed by atoms with Crippen LogP contribution < -0.4 is 10.1 Å². The molecule has 1 rings (SSSR count). The van der Waals surface area contributed by atoms with E-state index in [-0.39, 0.29) is 19.1 Å². The van der Waals surface area contributed by atoms with Crippen LogP contribution in [0.5, 0.6) is 5.75 Å². The quantitative estimate of drug-likeness (QED) is 0.724. The summed E-state index contributed by atoms with van der Waals surface area (Å²) in [6, 6.07) is 7.49. The van der Waals surface area contributed by atoms with Gasteiger partial charge in [-0.1, -0.05) is 18.2 Å². The Labute approximate surface area is 114 Å². The monoisotopic (exact) mass is 266 g/mol. The molecule has 0 aliphatic rings. The molecule has 0 heterocycles. The van der Waals surface area contributed by atoms with Crippen molar-refractivity contribution in [3.8, 4) is 5.75 Å². The minimum atomic E-state index is -0.0243. The Morgan fingerprint density at radius 2 is 2.11 bits per heavy atom. The molecular weight excluding hydrogens is 244 g/mol. The van der Waals surface area contributed by atoms with E-state index in [2.05, 4.69) is 5.32 Å². The van der Waals surface area contributed by atoms with E-state index in [1.807, 2.05) is 43.3 Å². The van der Waals surface area contributed by atoms with Crippen LogP contribution in [0.3, 0.4) is 0 Å². The number of hydrogen-bond donors (Lipinski definition) is 2. The van der Waals surface area contributed by atoms with Gasteiger partial charge in [-0.05, 0) is 20.2 Å². The molecule has 2 N–H and O–H groups in total.